The predicted octanol–water partition coefficient (Wildman–Crippen LogP) is 3.09. The molecule has 1 aliphatic heterocycles. The number of rotatable bonds is 5. The van der Waals surface area contributed by atoms with Gasteiger partial charge in [0.15, 0.2) is 5.76 Å². The molecule has 1 fully saturated rings. The summed E-state index contributed by atoms with van der Waals surface area (Å²) < 4.78 is 33.5. The third-order valence-corrected chi connectivity index (χ3v) is 8.16. The fraction of sp³-hybridized carbons (Fsp3) is 0.500. The second-order valence-corrected chi connectivity index (χ2v) is 10.3. The lowest BCUT2D eigenvalue weighted by Crippen LogP contribution is -2.44. The molecule has 1 aliphatic rings. The zero-order valence-corrected chi connectivity index (χ0v) is 20.0. The van der Waals surface area contributed by atoms with Gasteiger partial charge in [-0.1, -0.05) is 11.2 Å². The Morgan fingerprint density at radius 1 is 1.20 bits per heavy atom. The zero-order valence-electron chi connectivity index (χ0n) is 17.6. The van der Waals surface area contributed by atoms with Crippen LogP contribution < -0.4 is 5.32 Å². The fourth-order valence-electron chi connectivity index (χ4n) is 3.64. The number of aromatic nitrogens is 1. The molecule has 1 aromatic carbocycles. The van der Waals surface area contributed by atoms with Gasteiger partial charge >= 0.3 is 0 Å². The lowest BCUT2D eigenvalue weighted by molar-refractivity contribution is -0.120. The molecule has 1 unspecified atom stereocenters. The molecule has 0 bridgehead atoms. The SMILES string of the molecule is Cc1ccc(NC(=O)C(C)N2CCCN(S(=O)(=O)c3c(C)noc3C)CC2)c(Br)c1. The molecule has 2 aromatic rings. The van der Waals surface area contributed by atoms with Gasteiger partial charge < -0.3 is 9.84 Å². The Kier molecular flexibility index (Phi) is 7.01. The summed E-state index contributed by atoms with van der Waals surface area (Å²) in [6.07, 6.45) is 0.633. The first-order valence-corrected chi connectivity index (χ1v) is 12.1. The van der Waals surface area contributed by atoms with Crippen LogP contribution in [-0.4, -0.2) is 60.9 Å². The Morgan fingerprint density at radius 2 is 1.93 bits per heavy atom. The Morgan fingerprint density at radius 3 is 2.57 bits per heavy atom. The molecule has 30 heavy (non-hydrogen) atoms. The molecule has 0 aliphatic carbocycles. The van der Waals surface area contributed by atoms with Crippen LogP contribution in [0.2, 0.25) is 0 Å². The molecule has 1 saturated heterocycles. The lowest BCUT2D eigenvalue weighted by Gasteiger charge is -2.27. The largest absolute Gasteiger partial charge is 0.360 e. The number of nitrogens with zero attached hydrogens (tertiary/aromatic N) is 3. The third kappa shape index (κ3) is 4.77. The predicted molar refractivity (Wildman–Crippen MR) is 118 cm³/mol. The molecule has 8 nitrogen and oxygen atoms in total. The van der Waals surface area contributed by atoms with Gasteiger partial charge in [-0.15, -0.1) is 0 Å². The number of aryl methyl sites for hydroxylation is 3. The summed E-state index contributed by atoms with van der Waals surface area (Å²) in [6, 6.07) is 5.36. The molecule has 1 aromatic heterocycles. The highest BCUT2D eigenvalue weighted by Gasteiger charge is 2.33. The van der Waals surface area contributed by atoms with Crippen LogP contribution in [0.1, 0.15) is 30.4 Å². The maximum Gasteiger partial charge on any atom is 0.248 e. The van der Waals surface area contributed by atoms with Gasteiger partial charge in [0.2, 0.25) is 15.9 Å². The summed E-state index contributed by atoms with van der Waals surface area (Å²) in [5, 5.41) is 6.73. The maximum absolute atomic E-state index is 13.1. The first-order valence-electron chi connectivity index (χ1n) is 9.85. The van der Waals surface area contributed by atoms with Crippen LogP contribution in [0, 0.1) is 20.8 Å². The van der Waals surface area contributed by atoms with E-state index in [0.29, 0.717) is 44.1 Å². The molecule has 1 N–H and O–H groups in total. The molecule has 164 valence electrons. The summed E-state index contributed by atoms with van der Waals surface area (Å²) in [4.78, 5) is 14.9. The van der Waals surface area contributed by atoms with Gasteiger partial charge in [-0.2, -0.15) is 4.31 Å². The number of anilines is 1. The average molecular weight is 499 g/mol. The first kappa shape index (κ1) is 22.9. The quantitative estimate of drug-likeness (QED) is 0.680. The van der Waals surface area contributed by atoms with Crippen LogP contribution in [0.4, 0.5) is 5.69 Å². The molecule has 0 spiro atoms. The monoisotopic (exact) mass is 498 g/mol. The van der Waals surface area contributed by atoms with E-state index < -0.39 is 10.0 Å². The van der Waals surface area contributed by atoms with Crippen LogP contribution in [0.15, 0.2) is 32.1 Å². The highest BCUT2D eigenvalue weighted by molar-refractivity contribution is 9.10. The minimum Gasteiger partial charge on any atom is -0.360 e. The van der Waals surface area contributed by atoms with Crippen LogP contribution in [0.3, 0.4) is 0 Å². The second-order valence-electron chi connectivity index (χ2n) is 7.60. The van der Waals surface area contributed by atoms with E-state index >= 15 is 0 Å². The minimum absolute atomic E-state index is 0.124. The van der Waals surface area contributed by atoms with Crippen LogP contribution >= 0.6 is 15.9 Å². The van der Waals surface area contributed by atoms with Gasteiger partial charge in [0.1, 0.15) is 10.6 Å². The van der Waals surface area contributed by atoms with Crippen molar-refractivity contribution < 1.29 is 17.7 Å². The molecule has 1 amide bonds. The second kappa shape index (κ2) is 9.17. The number of amides is 1. The lowest BCUT2D eigenvalue weighted by atomic mass is 10.2. The smallest absolute Gasteiger partial charge is 0.248 e. The zero-order chi connectivity index (χ0) is 22.1. The van der Waals surface area contributed by atoms with Crippen molar-refractivity contribution in [2.45, 2.75) is 45.1 Å². The van der Waals surface area contributed by atoms with Gasteiger partial charge in [0.05, 0.1) is 11.7 Å². The molecule has 1 atom stereocenters. The van der Waals surface area contributed by atoms with Gasteiger partial charge in [-0.25, -0.2) is 8.42 Å². The van der Waals surface area contributed by atoms with Crippen molar-refractivity contribution >= 4 is 37.5 Å². The van der Waals surface area contributed by atoms with E-state index in [0.717, 1.165) is 15.7 Å². The third-order valence-electron chi connectivity index (χ3n) is 5.36. The maximum atomic E-state index is 13.1. The summed E-state index contributed by atoms with van der Waals surface area (Å²) in [6.45, 7) is 8.85. The highest BCUT2D eigenvalue weighted by Crippen LogP contribution is 2.26. The average Bonchev–Trinajstić information content (AvgIpc) is 2.88. The van der Waals surface area contributed by atoms with Crippen LogP contribution in [0.25, 0.3) is 0 Å². The molecule has 2 heterocycles. The van der Waals surface area contributed by atoms with Crippen molar-refractivity contribution in [1.82, 2.24) is 14.4 Å². The van der Waals surface area contributed by atoms with Crippen molar-refractivity contribution in [2.75, 3.05) is 31.5 Å². The molecule has 3 rings (SSSR count). The van der Waals surface area contributed by atoms with Crippen LogP contribution in [-0.2, 0) is 14.8 Å². The summed E-state index contributed by atoms with van der Waals surface area (Å²) in [7, 11) is -3.69. The standard InChI is InChI=1S/C20H27BrN4O4S/c1-13-6-7-18(17(21)12-13)22-20(26)15(3)24-8-5-9-25(11-10-24)30(27,28)19-14(2)23-29-16(19)4/h6-7,12,15H,5,8-11H2,1-4H3,(H,22,26). The number of carbonyl (C=O) groups excluding carboxylic acids is 1. The van der Waals surface area contributed by atoms with Crippen molar-refractivity contribution in [3.8, 4) is 0 Å². The van der Waals surface area contributed by atoms with E-state index in [9.17, 15) is 13.2 Å². The molecular weight excluding hydrogens is 472 g/mol. The number of halogens is 1. The Labute approximate surface area is 185 Å². The van der Waals surface area contributed by atoms with E-state index in [4.69, 9.17) is 4.52 Å². The molecular formula is C20H27BrN4O4S. The number of nitrogens with one attached hydrogen (secondary N) is 1. The number of hydrogen-bond donors (Lipinski definition) is 1. The number of benzene rings is 1. The van der Waals surface area contributed by atoms with Gasteiger partial charge in [0.25, 0.3) is 0 Å². The summed E-state index contributed by atoms with van der Waals surface area (Å²) in [5.41, 5.74) is 2.18. The van der Waals surface area contributed by atoms with E-state index in [-0.39, 0.29) is 16.8 Å². The fourth-order valence-corrected chi connectivity index (χ4v) is 5.99. The molecule has 0 radical (unpaired) electrons. The number of sulfonamides is 1. The molecule has 0 saturated carbocycles. The number of carbonyl (C=O) groups is 1. The highest BCUT2D eigenvalue weighted by atomic mass is 79.9. The van der Waals surface area contributed by atoms with Gasteiger partial charge in [0, 0.05) is 30.7 Å². The van der Waals surface area contributed by atoms with E-state index in [1.54, 1.807) is 13.8 Å². The van der Waals surface area contributed by atoms with Crippen molar-refractivity contribution in [3.05, 3.63) is 39.7 Å². The Balaban J connectivity index is 1.67. The van der Waals surface area contributed by atoms with E-state index in [1.165, 1.54) is 4.31 Å². The topological polar surface area (TPSA) is 95.8 Å². The first-order chi connectivity index (χ1) is 14.1. The Hall–Kier alpha value is -1.75. The van der Waals surface area contributed by atoms with Crippen LogP contribution in [0.5, 0.6) is 0 Å². The molecule has 10 heteroatoms. The van der Waals surface area contributed by atoms with E-state index in [1.807, 2.05) is 36.9 Å². The van der Waals surface area contributed by atoms with Crippen molar-refractivity contribution in [2.24, 2.45) is 0 Å². The van der Waals surface area contributed by atoms with E-state index in [2.05, 4.69) is 26.4 Å². The number of hydrogen-bond acceptors (Lipinski definition) is 6. The van der Waals surface area contributed by atoms with Gasteiger partial charge in [-0.05, 0) is 67.7 Å². The van der Waals surface area contributed by atoms with Crippen molar-refractivity contribution in [1.29, 1.82) is 0 Å². The normalized spacial score (nSPS) is 17.5. The summed E-state index contributed by atoms with van der Waals surface area (Å²) in [5.74, 6) is 0.173. The van der Waals surface area contributed by atoms with Gasteiger partial charge in [-0.3, -0.25) is 9.69 Å². The van der Waals surface area contributed by atoms with Crippen molar-refractivity contribution in [3.63, 3.8) is 0 Å². The Bertz CT molecular complexity index is 1020. The summed E-state index contributed by atoms with van der Waals surface area (Å²) >= 11 is 3.48. The minimum atomic E-state index is -3.69.